The number of hydrogen-bond acceptors (Lipinski definition) is 13. The van der Waals surface area contributed by atoms with Crippen LogP contribution in [0.2, 0.25) is 0 Å². The van der Waals surface area contributed by atoms with Crippen molar-refractivity contribution in [1.82, 2.24) is 24.9 Å². The number of carboxylic acids is 4. The Labute approximate surface area is 322 Å². The number of pyridine rings is 5. The zero-order valence-corrected chi connectivity index (χ0v) is 29.5. The summed E-state index contributed by atoms with van der Waals surface area (Å²) in [5.74, 6) is -3.57. The van der Waals surface area contributed by atoms with Gasteiger partial charge in [-0.25, -0.2) is 19.2 Å². The second-order valence-electron chi connectivity index (χ2n) is 10.3. The van der Waals surface area contributed by atoms with Gasteiger partial charge in [0.1, 0.15) is 11.5 Å². The molecule has 0 spiro atoms. The predicted molar refractivity (Wildman–Crippen MR) is 184 cm³/mol. The Bertz CT molecular complexity index is 2160. The second-order valence-corrected chi connectivity index (χ2v) is 10.3. The number of aromatic nitrogens is 5. The average Bonchev–Trinajstić information content (AvgIpc) is 3.19. The van der Waals surface area contributed by atoms with Crippen LogP contribution in [0.3, 0.4) is 0 Å². The number of hydrogen-bond donors (Lipinski definition) is 4. The normalized spacial score (nSPS) is 12.2. The quantitative estimate of drug-likeness (QED) is 0.105. The minimum atomic E-state index is -1.06. The molecule has 0 aromatic carbocycles. The van der Waals surface area contributed by atoms with E-state index in [1.54, 1.807) is 0 Å². The van der Waals surface area contributed by atoms with Crippen molar-refractivity contribution in [2.24, 2.45) is 0 Å². The van der Waals surface area contributed by atoms with Crippen molar-refractivity contribution in [3.8, 4) is 34.3 Å². The molecule has 5 aromatic heterocycles. The summed E-state index contributed by atoms with van der Waals surface area (Å²) in [6.45, 7) is 0.612. The van der Waals surface area contributed by atoms with Gasteiger partial charge in [-0.2, -0.15) is 6.20 Å². The fourth-order valence-corrected chi connectivity index (χ4v) is 4.30. The molecule has 6 rings (SSSR count). The van der Waals surface area contributed by atoms with Crippen molar-refractivity contribution < 1.29 is 78.1 Å². The summed E-state index contributed by atoms with van der Waals surface area (Å²) in [5, 5.41) is 39.5. The number of ether oxygens (including phenoxy) is 2. The van der Waals surface area contributed by atoms with E-state index in [2.05, 4.69) is 39.7 Å². The topological polar surface area (TPSA) is 280 Å². The molecule has 18 nitrogen and oxygen atoms in total. The van der Waals surface area contributed by atoms with Crippen LogP contribution in [0.5, 0.6) is 11.5 Å². The predicted octanol–water partition coefficient (Wildman–Crippen LogP) is 4.48. The van der Waals surface area contributed by atoms with E-state index < -0.39 is 29.9 Å². The maximum atomic E-state index is 10.8. The van der Waals surface area contributed by atoms with Gasteiger partial charge in [-0.05, 0) is 48.5 Å². The van der Waals surface area contributed by atoms with Gasteiger partial charge in [-0.3, -0.25) is 34.5 Å². The Morgan fingerprint density at radius 3 is 1.38 bits per heavy atom. The van der Waals surface area contributed by atoms with Gasteiger partial charge >= 0.3 is 43.4 Å². The first-order chi connectivity index (χ1) is 26.0. The summed E-state index contributed by atoms with van der Waals surface area (Å²) in [6.07, 6.45) is 11.2. The standard InChI is InChI=1S/2C12H8N2O4.C12H9N2O4.Ru/c2*15-7-18-9-2-4-14-11(6-9)10-5-8(12(16)17)1-3-13-10;15-11(16)7-1-3-13-9(5-7)10-6-8(12(17)18)2-4-14-10;/h2*1-7H,(H,16,17);1-6,9H,(H,15,16)(H,17,18);/q;;-1;+1. The van der Waals surface area contributed by atoms with Crippen LogP contribution < -0.4 is 9.47 Å². The summed E-state index contributed by atoms with van der Waals surface area (Å²) >= 11 is 0. The van der Waals surface area contributed by atoms with Crippen LogP contribution in [0.25, 0.3) is 28.1 Å². The molecule has 0 amide bonds. The monoisotopic (exact) mass is 835 g/mol. The number of carbonyl (C=O) groups is 6. The van der Waals surface area contributed by atoms with Gasteiger partial charge < -0.3 is 35.2 Å². The number of aromatic carboxylic acids is 3. The number of carboxylic acid groups (broad SMARTS) is 4. The van der Waals surface area contributed by atoms with Crippen LogP contribution in [0, 0.1) is 0 Å². The van der Waals surface area contributed by atoms with Crippen LogP contribution >= 0.6 is 0 Å². The molecule has 0 bridgehead atoms. The van der Waals surface area contributed by atoms with Crippen molar-refractivity contribution in [2.75, 3.05) is 0 Å². The van der Waals surface area contributed by atoms with Crippen molar-refractivity contribution in [3.05, 3.63) is 143 Å². The van der Waals surface area contributed by atoms with Gasteiger partial charge in [-0.15, -0.1) is 0 Å². The maximum absolute atomic E-state index is 10.8. The molecular formula is C36H25N6O12Ru. The van der Waals surface area contributed by atoms with E-state index in [1.807, 2.05) is 0 Å². The Hall–Kier alpha value is -7.53. The minimum Gasteiger partial charge on any atom is -0.680 e. The molecular weight excluding hydrogens is 809 g/mol. The Morgan fingerprint density at radius 1 is 0.564 bits per heavy atom. The van der Waals surface area contributed by atoms with E-state index in [0.717, 1.165) is 0 Å². The van der Waals surface area contributed by atoms with E-state index in [9.17, 15) is 28.8 Å². The van der Waals surface area contributed by atoms with Crippen molar-refractivity contribution in [2.45, 2.75) is 6.04 Å². The van der Waals surface area contributed by atoms with Crippen LogP contribution in [0.1, 0.15) is 42.8 Å². The smallest absolute Gasteiger partial charge is 0.680 e. The molecule has 1 aliphatic heterocycles. The van der Waals surface area contributed by atoms with E-state index in [-0.39, 0.29) is 41.7 Å². The van der Waals surface area contributed by atoms with Gasteiger partial charge in [-0.1, -0.05) is 18.2 Å². The zero-order valence-electron chi connectivity index (χ0n) is 27.7. The summed E-state index contributed by atoms with van der Waals surface area (Å²) in [4.78, 5) is 83.9. The summed E-state index contributed by atoms with van der Waals surface area (Å²) in [7, 11) is 0. The Morgan fingerprint density at radius 2 is 0.964 bits per heavy atom. The first-order valence-corrected chi connectivity index (χ1v) is 15.0. The second kappa shape index (κ2) is 20.5. The fraction of sp³-hybridized carbons (Fsp3) is 0.0278. The molecule has 19 heteroatoms. The first-order valence-electron chi connectivity index (χ1n) is 15.0. The zero-order chi connectivity index (χ0) is 39.0. The van der Waals surface area contributed by atoms with Crippen LogP contribution in [0.15, 0.2) is 116 Å². The van der Waals surface area contributed by atoms with Gasteiger partial charge in [0.2, 0.25) is 0 Å². The number of carbonyl (C=O) groups excluding carboxylic acids is 2. The molecule has 0 saturated heterocycles. The van der Waals surface area contributed by atoms with Gasteiger partial charge in [0, 0.05) is 48.8 Å². The van der Waals surface area contributed by atoms with E-state index in [4.69, 9.17) is 20.4 Å². The summed E-state index contributed by atoms with van der Waals surface area (Å²) in [5.41, 5.74) is 2.48. The minimum absolute atomic E-state index is 0. The van der Waals surface area contributed by atoms with Crippen LogP contribution in [0.4, 0.5) is 0 Å². The molecule has 1 unspecified atom stereocenters. The number of nitrogens with zero attached hydrogens (tertiary/aromatic N) is 6. The molecule has 4 N–H and O–H groups in total. The summed E-state index contributed by atoms with van der Waals surface area (Å²) in [6, 6.07) is 13.8. The molecule has 1 atom stereocenters. The van der Waals surface area contributed by atoms with Crippen LogP contribution in [-0.4, -0.2) is 82.2 Å². The van der Waals surface area contributed by atoms with Crippen LogP contribution in [-0.2, 0) is 33.9 Å². The first kappa shape index (κ1) is 41.9. The van der Waals surface area contributed by atoms with Gasteiger partial charge in [0.15, 0.2) is 0 Å². The van der Waals surface area contributed by atoms with Gasteiger partial charge in [0.05, 0.1) is 45.0 Å². The molecule has 0 fully saturated rings. The van der Waals surface area contributed by atoms with Crippen molar-refractivity contribution in [3.63, 3.8) is 0 Å². The number of rotatable bonds is 11. The molecule has 0 aliphatic carbocycles. The third-order valence-electron chi connectivity index (χ3n) is 6.79. The fourth-order valence-electron chi connectivity index (χ4n) is 4.30. The van der Waals surface area contributed by atoms with E-state index in [0.29, 0.717) is 52.9 Å². The largest absolute Gasteiger partial charge is 1.00 e. The third kappa shape index (κ3) is 12.3. The molecule has 279 valence electrons. The average molecular weight is 835 g/mol. The van der Waals surface area contributed by atoms with E-state index in [1.165, 1.54) is 110 Å². The maximum Gasteiger partial charge on any atom is 1.00 e. The molecule has 1 radical (unpaired) electrons. The SMILES string of the molecule is O=C(O)C1=CC(c2cc(C(=O)O)ccn2)[N-]C=C1.O=COc1ccnc(-c2cc(C(=O)O)ccn2)c1.O=COc1ccnc(-c2cc(C(=O)O)ccn2)c1.[Ru+]. The molecule has 6 heterocycles. The number of aliphatic carboxylic acids is 1. The molecule has 5 aromatic rings. The van der Waals surface area contributed by atoms with Crippen molar-refractivity contribution >= 4 is 36.8 Å². The molecule has 55 heavy (non-hydrogen) atoms. The molecule has 1 aliphatic rings. The third-order valence-corrected chi connectivity index (χ3v) is 6.79. The Kier molecular flexibility index (Phi) is 15.6. The Balaban J connectivity index is 0.000000220. The van der Waals surface area contributed by atoms with E-state index >= 15 is 0 Å². The van der Waals surface area contributed by atoms with Crippen molar-refractivity contribution in [1.29, 1.82) is 0 Å². The molecule has 0 saturated carbocycles. The van der Waals surface area contributed by atoms with Gasteiger partial charge in [0.25, 0.3) is 12.9 Å². The summed E-state index contributed by atoms with van der Waals surface area (Å²) < 4.78 is 9.36.